The largest absolute Gasteiger partial charge is 0.311 e. The third-order valence-electron chi connectivity index (χ3n) is 5.13. The molecule has 28 heavy (non-hydrogen) atoms. The van der Waals surface area contributed by atoms with E-state index in [0.29, 0.717) is 6.54 Å². The zero-order chi connectivity index (χ0) is 18.5. The summed E-state index contributed by atoms with van der Waals surface area (Å²) < 4.78 is 0. The molecule has 1 heterocycles. The normalized spacial score (nSPS) is 13.0. The first-order chi connectivity index (χ1) is 13.3. The molecule has 0 aliphatic carbocycles. The Bertz CT molecular complexity index is 859. The van der Waals surface area contributed by atoms with Crippen molar-refractivity contribution in [3.63, 3.8) is 0 Å². The summed E-state index contributed by atoms with van der Waals surface area (Å²) in [6, 6.07) is 28.8. The number of anilines is 1. The van der Waals surface area contributed by atoms with Gasteiger partial charge in [-0.15, -0.1) is 12.4 Å². The van der Waals surface area contributed by atoms with Crippen LogP contribution in [0.25, 0.3) is 0 Å². The summed E-state index contributed by atoms with van der Waals surface area (Å²) in [6.45, 7) is 1.10. The van der Waals surface area contributed by atoms with E-state index in [4.69, 9.17) is 0 Å². The SMILES string of the molecule is Cl.O=C(CNC(c1ccccc1)c1ccccc1)N1CCCc2ccccc21. The van der Waals surface area contributed by atoms with Crippen LogP contribution >= 0.6 is 12.4 Å². The van der Waals surface area contributed by atoms with Crippen molar-refractivity contribution in [2.24, 2.45) is 0 Å². The van der Waals surface area contributed by atoms with E-state index < -0.39 is 0 Å². The van der Waals surface area contributed by atoms with Crippen molar-refractivity contribution in [1.29, 1.82) is 0 Å². The monoisotopic (exact) mass is 392 g/mol. The Morgan fingerprint density at radius 3 is 2.07 bits per heavy atom. The minimum atomic E-state index is -0.00335. The maximum Gasteiger partial charge on any atom is 0.240 e. The number of halogens is 1. The predicted molar refractivity (Wildman–Crippen MR) is 117 cm³/mol. The highest BCUT2D eigenvalue weighted by atomic mass is 35.5. The van der Waals surface area contributed by atoms with Gasteiger partial charge >= 0.3 is 0 Å². The number of nitrogens with one attached hydrogen (secondary N) is 1. The summed E-state index contributed by atoms with van der Waals surface area (Å²) in [7, 11) is 0. The van der Waals surface area contributed by atoms with E-state index in [9.17, 15) is 4.79 Å². The molecule has 4 heteroatoms. The van der Waals surface area contributed by atoms with Gasteiger partial charge in [0.2, 0.25) is 5.91 Å². The number of carbonyl (C=O) groups excluding carboxylic acids is 1. The number of hydrogen-bond acceptors (Lipinski definition) is 2. The number of benzene rings is 3. The van der Waals surface area contributed by atoms with Crippen molar-refractivity contribution in [3.05, 3.63) is 102 Å². The fraction of sp³-hybridized carbons (Fsp3) is 0.208. The lowest BCUT2D eigenvalue weighted by atomic mass is 9.98. The van der Waals surface area contributed by atoms with E-state index >= 15 is 0 Å². The van der Waals surface area contributed by atoms with E-state index in [0.717, 1.165) is 36.2 Å². The number of fused-ring (bicyclic) bond motifs is 1. The summed E-state index contributed by atoms with van der Waals surface area (Å²) in [4.78, 5) is 14.9. The molecule has 3 aromatic rings. The summed E-state index contributed by atoms with van der Waals surface area (Å²) in [6.07, 6.45) is 2.06. The predicted octanol–water partition coefficient (Wildman–Crippen LogP) is 4.77. The molecule has 0 saturated carbocycles. The van der Waals surface area contributed by atoms with Crippen LogP contribution in [-0.4, -0.2) is 19.0 Å². The lowest BCUT2D eigenvalue weighted by Crippen LogP contribution is -2.42. The molecule has 144 valence electrons. The average molecular weight is 393 g/mol. The van der Waals surface area contributed by atoms with E-state index in [-0.39, 0.29) is 24.4 Å². The number of hydrogen-bond donors (Lipinski definition) is 1. The van der Waals surface area contributed by atoms with Gasteiger partial charge < -0.3 is 4.90 Å². The first-order valence-electron chi connectivity index (χ1n) is 9.54. The zero-order valence-electron chi connectivity index (χ0n) is 15.8. The number of para-hydroxylation sites is 1. The molecule has 3 aromatic carbocycles. The standard InChI is InChI=1S/C24H24N2O.ClH/c27-23(26-17-9-15-19-10-7-8-16-22(19)26)18-25-24(20-11-3-1-4-12-20)21-13-5-2-6-14-21;/h1-8,10-14,16,24-25H,9,15,17-18H2;1H. The number of nitrogens with zero attached hydrogens (tertiary/aromatic N) is 1. The van der Waals surface area contributed by atoms with Crippen LogP contribution in [0.1, 0.15) is 29.2 Å². The summed E-state index contributed by atoms with van der Waals surface area (Å²) >= 11 is 0. The lowest BCUT2D eigenvalue weighted by Gasteiger charge is -2.30. The molecule has 1 aliphatic heterocycles. The van der Waals surface area contributed by atoms with Crippen molar-refractivity contribution in [2.75, 3.05) is 18.0 Å². The highest BCUT2D eigenvalue weighted by Crippen LogP contribution is 2.27. The van der Waals surface area contributed by atoms with Gasteiger partial charge in [-0.1, -0.05) is 78.9 Å². The maximum atomic E-state index is 13.0. The Morgan fingerprint density at radius 2 is 1.43 bits per heavy atom. The summed E-state index contributed by atoms with van der Waals surface area (Å²) in [5.41, 5.74) is 4.65. The van der Waals surface area contributed by atoms with E-state index in [1.165, 1.54) is 5.56 Å². The van der Waals surface area contributed by atoms with E-state index in [2.05, 4.69) is 41.7 Å². The molecule has 3 nitrogen and oxygen atoms in total. The highest BCUT2D eigenvalue weighted by molar-refractivity contribution is 5.96. The van der Waals surface area contributed by atoms with Crippen LogP contribution in [0.4, 0.5) is 5.69 Å². The Kier molecular flexibility index (Phi) is 6.85. The third kappa shape index (κ3) is 4.44. The molecule has 0 fully saturated rings. The third-order valence-corrected chi connectivity index (χ3v) is 5.13. The van der Waals surface area contributed by atoms with Crippen LogP contribution in [-0.2, 0) is 11.2 Å². The Labute approximate surface area is 172 Å². The van der Waals surface area contributed by atoms with Gasteiger partial charge in [-0.2, -0.15) is 0 Å². The number of aryl methyl sites for hydroxylation is 1. The number of amides is 1. The lowest BCUT2D eigenvalue weighted by molar-refractivity contribution is -0.118. The molecular weight excluding hydrogens is 368 g/mol. The van der Waals surface area contributed by atoms with Crippen molar-refractivity contribution >= 4 is 24.0 Å². The van der Waals surface area contributed by atoms with Crippen molar-refractivity contribution < 1.29 is 4.79 Å². The van der Waals surface area contributed by atoms with E-state index in [1.54, 1.807) is 0 Å². The Hall–Kier alpha value is -2.62. The second kappa shape index (κ2) is 9.54. The summed E-state index contributed by atoms with van der Waals surface area (Å²) in [5.74, 6) is 0.124. The fourth-order valence-electron chi connectivity index (χ4n) is 3.80. The summed E-state index contributed by atoms with van der Waals surface area (Å²) in [5, 5.41) is 3.49. The average Bonchev–Trinajstić information content (AvgIpc) is 2.75. The van der Waals surface area contributed by atoms with Gasteiger partial charge in [-0.3, -0.25) is 10.1 Å². The molecule has 4 rings (SSSR count). The van der Waals surface area contributed by atoms with Crippen molar-refractivity contribution in [3.8, 4) is 0 Å². The first kappa shape index (κ1) is 20.1. The second-order valence-electron chi connectivity index (χ2n) is 6.91. The Balaban J connectivity index is 0.00000225. The molecule has 0 radical (unpaired) electrons. The molecule has 0 unspecified atom stereocenters. The number of rotatable bonds is 5. The molecule has 0 spiro atoms. The van der Waals surface area contributed by atoms with Gasteiger partial charge in [-0.05, 0) is 35.6 Å². The smallest absolute Gasteiger partial charge is 0.240 e. The van der Waals surface area contributed by atoms with Gasteiger partial charge in [0.15, 0.2) is 0 Å². The quantitative estimate of drug-likeness (QED) is 0.678. The van der Waals surface area contributed by atoms with Gasteiger partial charge in [0.25, 0.3) is 0 Å². The van der Waals surface area contributed by atoms with Gasteiger partial charge in [0.05, 0.1) is 12.6 Å². The van der Waals surface area contributed by atoms with Crippen LogP contribution in [0.3, 0.4) is 0 Å². The molecule has 1 aliphatic rings. The van der Waals surface area contributed by atoms with Gasteiger partial charge in [-0.25, -0.2) is 0 Å². The second-order valence-corrected chi connectivity index (χ2v) is 6.91. The minimum Gasteiger partial charge on any atom is -0.311 e. The Morgan fingerprint density at radius 1 is 0.857 bits per heavy atom. The molecule has 0 bridgehead atoms. The van der Waals surface area contributed by atoms with Gasteiger partial charge in [0, 0.05) is 12.2 Å². The number of carbonyl (C=O) groups is 1. The van der Waals surface area contributed by atoms with Crippen LogP contribution in [0.5, 0.6) is 0 Å². The van der Waals surface area contributed by atoms with E-state index in [1.807, 2.05) is 53.4 Å². The van der Waals surface area contributed by atoms with Crippen LogP contribution in [0.15, 0.2) is 84.9 Å². The van der Waals surface area contributed by atoms with Crippen LogP contribution < -0.4 is 10.2 Å². The molecule has 0 saturated heterocycles. The zero-order valence-corrected chi connectivity index (χ0v) is 16.6. The molecule has 0 atom stereocenters. The topological polar surface area (TPSA) is 32.3 Å². The molecule has 1 N–H and O–H groups in total. The molecule has 1 amide bonds. The maximum absolute atomic E-state index is 13.0. The van der Waals surface area contributed by atoms with Crippen molar-refractivity contribution in [2.45, 2.75) is 18.9 Å². The molecule has 0 aromatic heterocycles. The fourth-order valence-corrected chi connectivity index (χ4v) is 3.80. The van der Waals surface area contributed by atoms with Crippen LogP contribution in [0, 0.1) is 0 Å². The first-order valence-corrected chi connectivity index (χ1v) is 9.54. The van der Waals surface area contributed by atoms with Crippen LogP contribution in [0.2, 0.25) is 0 Å². The van der Waals surface area contributed by atoms with Crippen molar-refractivity contribution in [1.82, 2.24) is 5.32 Å². The highest BCUT2D eigenvalue weighted by Gasteiger charge is 2.23. The van der Waals surface area contributed by atoms with Gasteiger partial charge in [0.1, 0.15) is 0 Å². The minimum absolute atomic E-state index is 0. The molecular formula is C24H25ClN2O.